The van der Waals surface area contributed by atoms with Gasteiger partial charge in [0.1, 0.15) is 17.2 Å². The quantitative estimate of drug-likeness (QED) is 0.722. The lowest BCUT2D eigenvalue weighted by atomic mass is 10.00. The Morgan fingerprint density at radius 2 is 2.04 bits per heavy atom. The Morgan fingerprint density at radius 1 is 1.22 bits per heavy atom. The summed E-state index contributed by atoms with van der Waals surface area (Å²) >= 11 is 0. The standard InChI is InChI=1S/C20H20FNO4S/c1-2-25-12-18-20-17(8-9-22-18)16-7-6-15(11-19(16)26-20)27(23,24)14-5-3-4-13(21)10-14/h3-7,10-11,18,22H,2,8-9,12H2,1H3. The highest BCUT2D eigenvalue weighted by atomic mass is 32.2. The Morgan fingerprint density at radius 3 is 2.81 bits per heavy atom. The van der Waals surface area contributed by atoms with Crippen LogP contribution in [0.5, 0.6) is 0 Å². The van der Waals surface area contributed by atoms with Crippen LogP contribution in [0.4, 0.5) is 4.39 Å². The SMILES string of the molecule is CCOCC1NCCc2c1oc1cc(S(=O)(=O)c3cccc(F)c3)ccc21. The molecule has 3 aromatic rings. The van der Waals surface area contributed by atoms with E-state index in [-0.39, 0.29) is 15.8 Å². The number of sulfone groups is 1. The average molecular weight is 389 g/mol. The maximum absolute atomic E-state index is 13.5. The van der Waals surface area contributed by atoms with Crippen LogP contribution < -0.4 is 5.32 Å². The topological polar surface area (TPSA) is 68.5 Å². The molecule has 1 unspecified atom stereocenters. The average Bonchev–Trinajstić information content (AvgIpc) is 3.05. The molecule has 0 bridgehead atoms. The van der Waals surface area contributed by atoms with E-state index in [9.17, 15) is 12.8 Å². The van der Waals surface area contributed by atoms with Gasteiger partial charge in [-0.25, -0.2) is 12.8 Å². The van der Waals surface area contributed by atoms with E-state index in [4.69, 9.17) is 9.15 Å². The summed E-state index contributed by atoms with van der Waals surface area (Å²) in [7, 11) is -3.82. The third kappa shape index (κ3) is 3.26. The first-order valence-corrected chi connectivity index (χ1v) is 10.4. The zero-order valence-corrected chi connectivity index (χ0v) is 15.7. The molecule has 27 heavy (non-hydrogen) atoms. The lowest BCUT2D eigenvalue weighted by Crippen LogP contribution is -2.32. The number of ether oxygens (including phenoxy) is 1. The zero-order chi connectivity index (χ0) is 19.0. The molecule has 0 spiro atoms. The Kier molecular flexibility index (Phi) is 4.75. The van der Waals surface area contributed by atoms with Crippen LogP contribution in [-0.2, 0) is 21.0 Å². The minimum Gasteiger partial charge on any atom is -0.459 e. The molecule has 1 aliphatic rings. The van der Waals surface area contributed by atoms with Gasteiger partial charge in [0, 0.05) is 30.2 Å². The maximum atomic E-state index is 13.5. The first-order chi connectivity index (χ1) is 13.0. The Hall–Kier alpha value is -2.22. The lowest BCUT2D eigenvalue weighted by molar-refractivity contribution is 0.114. The molecular formula is C20H20FNO4S. The fraction of sp³-hybridized carbons (Fsp3) is 0.300. The second kappa shape index (κ2) is 7.07. The number of fused-ring (bicyclic) bond motifs is 3. The number of furan rings is 1. The third-order valence-electron chi connectivity index (χ3n) is 4.78. The van der Waals surface area contributed by atoms with Gasteiger partial charge in [-0.3, -0.25) is 0 Å². The number of halogens is 1. The van der Waals surface area contributed by atoms with Crippen molar-refractivity contribution in [1.29, 1.82) is 0 Å². The normalized spacial score (nSPS) is 17.2. The third-order valence-corrected chi connectivity index (χ3v) is 6.53. The van der Waals surface area contributed by atoms with Crippen molar-refractivity contribution >= 4 is 20.8 Å². The Labute approximate surface area is 157 Å². The summed E-state index contributed by atoms with van der Waals surface area (Å²) in [5.74, 6) is 0.209. The minimum atomic E-state index is -3.82. The smallest absolute Gasteiger partial charge is 0.206 e. The fourth-order valence-electron chi connectivity index (χ4n) is 3.46. The summed E-state index contributed by atoms with van der Waals surface area (Å²) in [4.78, 5) is 0.00933. The summed E-state index contributed by atoms with van der Waals surface area (Å²) in [5.41, 5.74) is 1.60. The Bertz CT molecular complexity index is 1090. The van der Waals surface area contributed by atoms with E-state index in [1.54, 1.807) is 12.1 Å². The maximum Gasteiger partial charge on any atom is 0.206 e. The molecule has 0 saturated carbocycles. The van der Waals surface area contributed by atoms with E-state index < -0.39 is 15.7 Å². The second-order valence-electron chi connectivity index (χ2n) is 6.48. The summed E-state index contributed by atoms with van der Waals surface area (Å²) in [6, 6.07) is 9.80. The number of hydrogen-bond acceptors (Lipinski definition) is 5. The molecule has 0 saturated heterocycles. The van der Waals surface area contributed by atoms with E-state index in [1.807, 2.05) is 6.92 Å². The van der Waals surface area contributed by atoms with Crippen LogP contribution in [0.25, 0.3) is 11.0 Å². The molecule has 0 fully saturated rings. The van der Waals surface area contributed by atoms with Gasteiger partial charge in [-0.1, -0.05) is 6.07 Å². The second-order valence-corrected chi connectivity index (χ2v) is 8.43. The van der Waals surface area contributed by atoms with Gasteiger partial charge in [-0.05, 0) is 43.7 Å². The van der Waals surface area contributed by atoms with Crippen LogP contribution in [0.1, 0.15) is 24.3 Å². The van der Waals surface area contributed by atoms with E-state index in [1.165, 1.54) is 24.3 Å². The van der Waals surface area contributed by atoms with Gasteiger partial charge in [-0.15, -0.1) is 0 Å². The van der Waals surface area contributed by atoms with Crippen molar-refractivity contribution in [3.05, 3.63) is 59.6 Å². The number of nitrogens with one attached hydrogen (secondary N) is 1. The van der Waals surface area contributed by atoms with Crippen molar-refractivity contribution in [1.82, 2.24) is 5.32 Å². The molecule has 0 amide bonds. The lowest BCUT2D eigenvalue weighted by Gasteiger charge is -2.22. The van der Waals surface area contributed by atoms with Gasteiger partial charge in [0.25, 0.3) is 0 Å². The Balaban J connectivity index is 1.77. The number of hydrogen-bond donors (Lipinski definition) is 1. The van der Waals surface area contributed by atoms with Gasteiger partial charge in [-0.2, -0.15) is 0 Å². The monoisotopic (exact) mass is 389 g/mol. The van der Waals surface area contributed by atoms with Crippen molar-refractivity contribution < 1.29 is 22.0 Å². The number of rotatable bonds is 5. The van der Waals surface area contributed by atoms with E-state index in [2.05, 4.69) is 5.32 Å². The van der Waals surface area contributed by atoms with Crippen molar-refractivity contribution in [3.63, 3.8) is 0 Å². The molecule has 0 aliphatic carbocycles. The molecule has 1 atom stereocenters. The van der Waals surface area contributed by atoms with Gasteiger partial charge in [0.2, 0.25) is 9.84 Å². The molecule has 1 aliphatic heterocycles. The molecule has 0 radical (unpaired) electrons. The van der Waals surface area contributed by atoms with Gasteiger partial charge < -0.3 is 14.5 Å². The van der Waals surface area contributed by atoms with Crippen LogP contribution in [0.2, 0.25) is 0 Å². The highest BCUT2D eigenvalue weighted by molar-refractivity contribution is 7.91. The molecule has 4 rings (SSSR count). The largest absolute Gasteiger partial charge is 0.459 e. The highest BCUT2D eigenvalue weighted by Gasteiger charge is 2.27. The summed E-state index contributed by atoms with van der Waals surface area (Å²) in [6.07, 6.45) is 0.806. The van der Waals surface area contributed by atoms with Crippen molar-refractivity contribution in [2.75, 3.05) is 19.8 Å². The van der Waals surface area contributed by atoms with Crippen LogP contribution in [-0.4, -0.2) is 28.2 Å². The molecule has 7 heteroatoms. The summed E-state index contributed by atoms with van der Waals surface area (Å²) < 4.78 is 50.7. The van der Waals surface area contributed by atoms with Crippen molar-refractivity contribution in [2.45, 2.75) is 29.2 Å². The van der Waals surface area contributed by atoms with Gasteiger partial charge in [0.15, 0.2) is 0 Å². The van der Waals surface area contributed by atoms with Crippen LogP contribution in [0, 0.1) is 5.82 Å². The minimum absolute atomic E-state index is 0.0515. The molecule has 1 N–H and O–H groups in total. The molecule has 5 nitrogen and oxygen atoms in total. The van der Waals surface area contributed by atoms with Crippen LogP contribution in [0.15, 0.2) is 56.7 Å². The zero-order valence-electron chi connectivity index (χ0n) is 14.9. The molecule has 2 aromatic carbocycles. The number of benzene rings is 2. The molecule has 1 aromatic heterocycles. The molecular weight excluding hydrogens is 369 g/mol. The first kappa shape index (κ1) is 18.2. The van der Waals surface area contributed by atoms with Crippen LogP contribution in [0.3, 0.4) is 0 Å². The summed E-state index contributed by atoms with van der Waals surface area (Å²) in [5, 5.41) is 4.28. The highest BCUT2D eigenvalue weighted by Crippen LogP contribution is 2.35. The van der Waals surface area contributed by atoms with E-state index in [0.29, 0.717) is 18.8 Å². The first-order valence-electron chi connectivity index (χ1n) is 8.88. The van der Waals surface area contributed by atoms with Gasteiger partial charge in [0.05, 0.1) is 22.4 Å². The van der Waals surface area contributed by atoms with Gasteiger partial charge >= 0.3 is 0 Å². The van der Waals surface area contributed by atoms with E-state index >= 15 is 0 Å². The summed E-state index contributed by atoms with van der Waals surface area (Å²) in [6.45, 7) is 3.86. The predicted molar refractivity (Wildman–Crippen MR) is 99.0 cm³/mol. The van der Waals surface area contributed by atoms with Crippen LogP contribution >= 0.6 is 0 Å². The van der Waals surface area contributed by atoms with Crippen molar-refractivity contribution in [2.24, 2.45) is 0 Å². The van der Waals surface area contributed by atoms with Crippen molar-refractivity contribution in [3.8, 4) is 0 Å². The predicted octanol–water partition coefficient (Wildman–Crippen LogP) is 3.63. The van der Waals surface area contributed by atoms with E-state index in [0.717, 1.165) is 35.7 Å². The molecule has 142 valence electrons. The fourth-order valence-corrected chi connectivity index (χ4v) is 4.77. The molecule has 2 heterocycles.